The number of rotatable bonds is 4. The van der Waals surface area contributed by atoms with Crippen LogP contribution in [0.15, 0.2) is 23.2 Å². The van der Waals surface area contributed by atoms with Crippen molar-refractivity contribution in [3.63, 3.8) is 0 Å². The summed E-state index contributed by atoms with van der Waals surface area (Å²) in [5.41, 5.74) is 4.17. The van der Waals surface area contributed by atoms with Gasteiger partial charge in [-0.2, -0.15) is 0 Å². The molecule has 1 unspecified atom stereocenters. The molecule has 3 aliphatic heterocycles. The number of morpholine rings is 1. The molecule has 28 heavy (non-hydrogen) atoms. The monoisotopic (exact) mass is 385 g/mol. The number of aryl methyl sites for hydroxylation is 1. The number of ether oxygens (including phenoxy) is 1. The van der Waals surface area contributed by atoms with Gasteiger partial charge in [-0.05, 0) is 43.4 Å². The third kappa shape index (κ3) is 4.44. The van der Waals surface area contributed by atoms with E-state index in [0.29, 0.717) is 6.04 Å². The fourth-order valence-electron chi connectivity index (χ4n) is 4.70. The molecule has 6 heteroatoms. The number of anilines is 1. The van der Waals surface area contributed by atoms with Crippen molar-refractivity contribution in [1.29, 1.82) is 0 Å². The number of guanidine groups is 1. The Labute approximate surface area is 169 Å². The van der Waals surface area contributed by atoms with Gasteiger partial charge in [0.2, 0.25) is 0 Å². The highest BCUT2D eigenvalue weighted by molar-refractivity contribution is 5.80. The second kappa shape index (κ2) is 9.14. The molecule has 4 rings (SSSR count). The van der Waals surface area contributed by atoms with Gasteiger partial charge in [-0.1, -0.05) is 12.1 Å². The lowest BCUT2D eigenvalue weighted by Crippen LogP contribution is -2.46. The van der Waals surface area contributed by atoms with E-state index in [1.165, 1.54) is 36.1 Å². The zero-order valence-electron chi connectivity index (χ0n) is 17.5. The van der Waals surface area contributed by atoms with Gasteiger partial charge in [0.1, 0.15) is 0 Å². The Morgan fingerprint density at radius 1 is 1.21 bits per heavy atom. The summed E-state index contributed by atoms with van der Waals surface area (Å²) in [5, 5.41) is 3.51. The number of fused-ring (bicyclic) bond motifs is 1. The molecule has 0 aromatic heterocycles. The number of benzene rings is 1. The predicted octanol–water partition coefficient (Wildman–Crippen LogP) is 1.94. The molecular weight excluding hydrogens is 350 g/mol. The molecule has 2 saturated heterocycles. The lowest BCUT2D eigenvalue weighted by atomic mass is 10.00. The third-order valence-corrected chi connectivity index (χ3v) is 6.27. The summed E-state index contributed by atoms with van der Waals surface area (Å²) < 4.78 is 5.51. The SMILES string of the molecule is CCNC(=NCc1ccc2c(c1)CCCN2C)N1CCC(N2CCOCC2)C1. The van der Waals surface area contributed by atoms with Gasteiger partial charge >= 0.3 is 0 Å². The highest BCUT2D eigenvalue weighted by atomic mass is 16.5. The summed E-state index contributed by atoms with van der Waals surface area (Å²) in [6.07, 6.45) is 3.65. The van der Waals surface area contributed by atoms with Crippen molar-refractivity contribution in [3.05, 3.63) is 29.3 Å². The molecule has 0 saturated carbocycles. The van der Waals surface area contributed by atoms with Crippen LogP contribution in [0.4, 0.5) is 5.69 Å². The second-order valence-corrected chi connectivity index (χ2v) is 8.20. The van der Waals surface area contributed by atoms with Crippen LogP contribution in [0.5, 0.6) is 0 Å². The van der Waals surface area contributed by atoms with Gasteiger partial charge in [-0.15, -0.1) is 0 Å². The summed E-state index contributed by atoms with van der Waals surface area (Å²) in [7, 11) is 2.19. The molecule has 3 heterocycles. The molecule has 2 fully saturated rings. The minimum atomic E-state index is 0.632. The van der Waals surface area contributed by atoms with E-state index in [9.17, 15) is 0 Å². The number of hydrogen-bond acceptors (Lipinski definition) is 4. The summed E-state index contributed by atoms with van der Waals surface area (Å²) in [5.74, 6) is 1.06. The Kier molecular flexibility index (Phi) is 6.37. The predicted molar refractivity (Wildman–Crippen MR) is 115 cm³/mol. The standard InChI is InChI=1S/C22H35N5O/c1-3-23-22(27-10-8-20(17-27)26-11-13-28-14-12-26)24-16-18-6-7-21-19(15-18)5-4-9-25(21)2/h6-7,15,20H,3-5,8-14,16-17H2,1-2H3,(H,23,24). The summed E-state index contributed by atoms with van der Waals surface area (Å²) in [6, 6.07) is 7.51. The second-order valence-electron chi connectivity index (χ2n) is 8.20. The maximum absolute atomic E-state index is 5.51. The lowest BCUT2D eigenvalue weighted by Gasteiger charge is -2.32. The van der Waals surface area contributed by atoms with E-state index in [-0.39, 0.29) is 0 Å². The normalized spacial score (nSPS) is 23.8. The fraction of sp³-hybridized carbons (Fsp3) is 0.682. The highest BCUT2D eigenvalue weighted by Gasteiger charge is 2.30. The summed E-state index contributed by atoms with van der Waals surface area (Å²) in [6.45, 7) is 11.0. The Morgan fingerprint density at radius 3 is 2.89 bits per heavy atom. The highest BCUT2D eigenvalue weighted by Crippen LogP contribution is 2.27. The maximum Gasteiger partial charge on any atom is 0.194 e. The average molecular weight is 386 g/mol. The third-order valence-electron chi connectivity index (χ3n) is 6.27. The number of aliphatic imine (C=N–C) groups is 1. The van der Waals surface area contributed by atoms with Crippen molar-refractivity contribution in [2.45, 2.75) is 38.8 Å². The largest absolute Gasteiger partial charge is 0.379 e. The minimum absolute atomic E-state index is 0.632. The topological polar surface area (TPSA) is 43.3 Å². The number of nitrogens with zero attached hydrogens (tertiary/aromatic N) is 4. The summed E-state index contributed by atoms with van der Waals surface area (Å²) >= 11 is 0. The Bertz CT molecular complexity index is 686. The Hall–Kier alpha value is -1.79. The van der Waals surface area contributed by atoms with Crippen molar-refractivity contribution in [2.24, 2.45) is 4.99 Å². The van der Waals surface area contributed by atoms with Gasteiger partial charge in [0.05, 0.1) is 19.8 Å². The molecule has 0 spiro atoms. The van der Waals surface area contributed by atoms with Crippen molar-refractivity contribution >= 4 is 11.6 Å². The van der Waals surface area contributed by atoms with E-state index in [4.69, 9.17) is 9.73 Å². The van der Waals surface area contributed by atoms with Crippen molar-refractivity contribution in [3.8, 4) is 0 Å². The van der Waals surface area contributed by atoms with Crippen LogP contribution >= 0.6 is 0 Å². The van der Waals surface area contributed by atoms with Crippen molar-refractivity contribution in [2.75, 3.05) is 64.4 Å². The smallest absolute Gasteiger partial charge is 0.194 e. The molecular formula is C22H35N5O. The first kappa shape index (κ1) is 19.5. The first-order valence-corrected chi connectivity index (χ1v) is 10.9. The van der Waals surface area contributed by atoms with E-state index in [1.54, 1.807) is 0 Å². The summed E-state index contributed by atoms with van der Waals surface area (Å²) in [4.78, 5) is 12.4. The van der Waals surface area contributed by atoms with Crippen molar-refractivity contribution in [1.82, 2.24) is 15.1 Å². The van der Waals surface area contributed by atoms with Gasteiger partial charge < -0.3 is 19.9 Å². The van der Waals surface area contributed by atoms with Gasteiger partial charge in [-0.25, -0.2) is 4.99 Å². The molecule has 0 radical (unpaired) electrons. The lowest BCUT2D eigenvalue weighted by molar-refractivity contribution is 0.0195. The van der Waals surface area contributed by atoms with Crippen LogP contribution in [-0.2, 0) is 17.7 Å². The molecule has 0 bridgehead atoms. The molecule has 1 aromatic rings. The van der Waals surface area contributed by atoms with Crippen LogP contribution < -0.4 is 10.2 Å². The van der Waals surface area contributed by atoms with Crippen LogP contribution in [0, 0.1) is 0 Å². The Morgan fingerprint density at radius 2 is 2.07 bits per heavy atom. The molecule has 0 amide bonds. The van der Waals surface area contributed by atoms with Crippen LogP contribution in [0.25, 0.3) is 0 Å². The van der Waals surface area contributed by atoms with Gasteiger partial charge in [-0.3, -0.25) is 4.90 Å². The first-order valence-electron chi connectivity index (χ1n) is 10.9. The molecule has 0 aliphatic carbocycles. The molecule has 1 N–H and O–H groups in total. The molecule has 6 nitrogen and oxygen atoms in total. The van der Waals surface area contributed by atoms with E-state index < -0.39 is 0 Å². The van der Waals surface area contributed by atoms with Gasteiger partial charge in [0.15, 0.2) is 5.96 Å². The van der Waals surface area contributed by atoms with E-state index in [2.05, 4.69) is 52.2 Å². The van der Waals surface area contributed by atoms with Crippen LogP contribution in [-0.4, -0.2) is 81.3 Å². The fourth-order valence-corrected chi connectivity index (χ4v) is 4.70. The first-order chi connectivity index (χ1) is 13.7. The van der Waals surface area contributed by atoms with Gasteiger partial charge in [0, 0.05) is 58.0 Å². The van der Waals surface area contributed by atoms with Crippen molar-refractivity contribution < 1.29 is 4.74 Å². The average Bonchev–Trinajstić information content (AvgIpc) is 3.22. The van der Waals surface area contributed by atoms with E-state index >= 15 is 0 Å². The van der Waals surface area contributed by atoms with Crippen LogP contribution in [0.1, 0.15) is 30.9 Å². The molecule has 3 aliphatic rings. The van der Waals surface area contributed by atoms with E-state index in [0.717, 1.165) is 65.0 Å². The van der Waals surface area contributed by atoms with Crippen LogP contribution in [0.3, 0.4) is 0 Å². The van der Waals surface area contributed by atoms with E-state index in [1.807, 2.05) is 0 Å². The molecule has 154 valence electrons. The number of nitrogens with one attached hydrogen (secondary N) is 1. The minimum Gasteiger partial charge on any atom is -0.379 e. The Balaban J connectivity index is 1.41. The zero-order chi connectivity index (χ0) is 19.3. The quantitative estimate of drug-likeness (QED) is 0.634. The zero-order valence-corrected chi connectivity index (χ0v) is 17.5. The number of hydrogen-bond donors (Lipinski definition) is 1. The van der Waals surface area contributed by atoms with Gasteiger partial charge in [0.25, 0.3) is 0 Å². The number of likely N-dealkylation sites (tertiary alicyclic amines) is 1. The van der Waals surface area contributed by atoms with Crippen LogP contribution in [0.2, 0.25) is 0 Å². The molecule has 1 atom stereocenters. The molecule has 1 aromatic carbocycles. The maximum atomic E-state index is 5.51.